The molecular formula is CBrORe-. The SMILES string of the molecule is O=[C-]Br.[Re]. The Hall–Kier alpha value is 0.812. The summed E-state index contributed by atoms with van der Waals surface area (Å²) in [5.41, 5.74) is 0. The van der Waals surface area contributed by atoms with Crippen molar-refractivity contribution < 1.29 is 25.2 Å². The first-order valence-electron chi connectivity index (χ1n) is 0.393. The van der Waals surface area contributed by atoms with Crippen LogP contribution in [0.2, 0.25) is 0 Å². The van der Waals surface area contributed by atoms with Gasteiger partial charge in [-0.1, -0.05) is 0 Å². The predicted molar refractivity (Wildman–Crippen MR) is 14.6 cm³/mol. The van der Waals surface area contributed by atoms with Crippen molar-refractivity contribution in [1.29, 1.82) is 0 Å². The number of halogens is 1. The molecule has 0 aromatic rings. The fourth-order valence-corrected chi connectivity index (χ4v) is 0. The third kappa shape index (κ3) is 14.0. The van der Waals surface area contributed by atoms with Gasteiger partial charge in [0.25, 0.3) is 0 Å². The van der Waals surface area contributed by atoms with Gasteiger partial charge in [-0.2, -0.15) is 5.20 Å². The summed E-state index contributed by atoms with van der Waals surface area (Å²) in [5.74, 6) is 0. The third-order valence-electron chi connectivity index (χ3n) is 0. The summed E-state index contributed by atoms with van der Waals surface area (Å²) in [6, 6.07) is 0. The summed E-state index contributed by atoms with van der Waals surface area (Å²) in [7, 11) is 0. The average Bonchev–Trinajstić information content (AvgIpc) is 0.918. The van der Waals surface area contributed by atoms with Crippen LogP contribution in [-0.2, 0) is 25.2 Å². The maximum atomic E-state index is 8.60. The molecule has 0 saturated heterocycles. The van der Waals surface area contributed by atoms with Crippen LogP contribution in [0.3, 0.4) is 0 Å². The van der Waals surface area contributed by atoms with E-state index in [1.54, 1.807) is 0 Å². The molecule has 0 amide bonds. The molecule has 0 atom stereocenters. The van der Waals surface area contributed by atoms with Crippen molar-refractivity contribution in [3.8, 4) is 0 Å². The molecular weight excluding hydrogens is 294 g/mol. The van der Waals surface area contributed by atoms with E-state index in [2.05, 4.69) is 15.9 Å². The van der Waals surface area contributed by atoms with Gasteiger partial charge >= 0.3 is 0 Å². The normalized spacial score (nSPS) is 3.25. The van der Waals surface area contributed by atoms with Gasteiger partial charge in [-0.3, -0.25) is 15.9 Å². The fourth-order valence-electron chi connectivity index (χ4n) is 0. The molecule has 0 aliphatic carbocycles. The second-order valence-corrected chi connectivity index (χ2v) is 0.401. The Morgan fingerprint density at radius 1 is 1.75 bits per heavy atom. The summed E-state index contributed by atoms with van der Waals surface area (Å²) >= 11 is 2.34. The first kappa shape index (κ1) is 8.84. The number of hydrogen-bond acceptors (Lipinski definition) is 1. The largest absolute Gasteiger partial charge is 0.530 e. The molecule has 0 aliphatic heterocycles. The molecule has 25 valence electrons. The maximum Gasteiger partial charge on any atom is 0 e. The third-order valence-corrected chi connectivity index (χ3v) is 0. The van der Waals surface area contributed by atoms with E-state index in [1.807, 2.05) is 0 Å². The van der Waals surface area contributed by atoms with Crippen LogP contribution in [-0.4, -0.2) is 5.20 Å². The van der Waals surface area contributed by atoms with E-state index >= 15 is 0 Å². The zero-order valence-corrected chi connectivity index (χ0v) is 5.97. The van der Waals surface area contributed by atoms with Crippen molar-refractivity contribution in [2.45, 2.75) is 0 Å². The van der Waals surface area contributed by atoms with E-state index in [4.69, 9.17) is 4.79 Å². The topological polar surface area (TPSA) is 17.1 Å². The minimum Gasteiger partial charge on any atom is -0.530 e. The molecule has 0 bridgehead atoms. The summed E-state index contributed by atoms with van der Waals surface area (Å²) < 4.78 is 0. The van der Waals surface area contributed by atoms with Gasteiger partial charge in [0.15, 0.2) is 0 Å². The minimum absolute atomic E-state index is 0. The minimum atomic E-state index is 0. The molecule has 1 nitrogen and oxygen atoms in total. The molecule has 0 unspecified atom stereocenters. The van der Waals surface area contributed by atoms with Gasteiger partial charge in [-0.15, -0.1) is 0 Å². The van der Waals surface area contributed by atoms with E-state index in [-0.39, 0.29) is 20.4 Å². The number of carbonyl (C=O) groups excluding carboxylic acids is 1. The van der Waals surface area contributed by atoms with Crippen molar-refractivity contribution in [1.82, 2.24) is 0 Å². The summed E-state index contributed by atoms with van der Waals surface area (Å²) in [6.45, 7) is 0. The summed E-state index contributed by atoms with van der Waals surface area (Å²) in [4.78, 5) is 8.60. The Labute approximate surface area is 46.5 Å². The Balaban J connectivity index is 0. The van der Waals surface area contributed by atoms with Crippen LogP contribution in [0, 0.1) is 0 Å². The first-order chi connectivity index (χ1) is 1.41. The Bertz CT molecular complexity index is 15.5. The molecule has 0 aliphatic rings. The average molecular weight is 294 g/mol. The zero-order chi connectivity index (χ0) is 2.71. The van der Waals surface area contributed by atoms with E-state index in [1.165, 1.54) is 5.20 Å². The maximum absolute atomic E-state index is 8.60. The second-order valence-electron chi connectivity index (χ2n) is 0.0772. The van der Waals surface area contributed by atoms with Gasteiger partial charge in [-0.25, -0.2) is 0 Å². The van der Waals surface area contributed by atoms with E-state index < -0.39 is 0 Å². The van der Waals surface area contributed by atoms with Crippen LogP contribution in [0.1, 0.15) is 0 Å². The van der Waals surface area contributed by atoms with Crippen LogP contribution >= 0.6 is 15.9 Å². The molecule has 1 radical (unpaired) electrons. The molecule has 0 spiro atoms. The van der Waals surface area contributed by atoms with Gasteiger partial charge in [0.05, 0.1) is 0 Å². The number of rotatable bonds is 0. The molecule has 4 heavy (non-hydrogen) atoms. The van der Waals surface area contributed by atoms with E-state index in [0.29, 0.717) is 0 Å². The Morgan fingerprint density at radius 2 is 1.75 bits per heavy atom. The van der Waals surface area contributed by atoms with Gasteiger partial charge in [0.1, 0.15) is 0 Å². The van der Waals surface area contributed by atoms with Crippen molar-refractivity contribution in [3.05, 3.63) is 0 Å². The van der Waals surface area contributed by atoms with Gasteiger partial charge in [0, 0.05) is 20.4 Å². The van der Waals surface area contributed by atoms with E-state index in [9.17, 15) is 0 Å². The first-order valence-corrected chi connectivity index (χ1v) is 1.19. The van der Waals surface area contributed by atoms with Gasteiger partial charge in [-0.05, 0) is 0 Å². The molecule has 0 heterocycles. The summed E-state index contributed by atoms with van der Waals surface area (Å²) in [5, 5.41) is 1.31. The fraction of sp³-hybridized carbons (Fsp3) is 0. The van der Waals surface area contributed by atoms with Gasteiger partial charge < -0.3 is 4.79 Å². The number of hydrogen-bond donors (Lipinski definition) is 0. The zero-order valence-electron chi connectivity index (χ0n) is 1.66. The molecule has 0 rings (SSSR count). The standard InChI is InChI=1S/CBrO.Re/c2-1-3;/q-1;. The van der Waals surface area contributed by atoms with Crippen LogP contribution in [0.25, 0.3) is 0 Å². The smallest absolute Gasteiger partial charge is 0 e. The molecule has 0 N–H and O–H groups in total. The van der Waals surface area contributed by atoms with Crippen molar-refractivity contribution >= 4 is 21.1 Å². The van der Waals surface area contributed by atoms with Crippen molar-refractivity contribution in [3.63, 3.8) is 0 Å². The van der Waals surface area contributed by atoms with Crippen molar-refractivity contribution in [2.75, 3.05) is 0 Å². The van der Waals surface area contributed by atoms with Crippen LogP contribution < -0.4 is 0 Å². The Kier molecular flexibility index (Phi) is 20.3. The quantitative estimate of drug-likeness (QED) is 0.468. The molecule has 0 aromatic heterocycles. The van der Waals surface area contributed by atoms with Crippen LogP contribution in [0.15, 0.2) is 0 Å². The molecule has 0 aromatic carbocycles. The predicted octanol–water partition coefficient (Wildman–Crippen LogP) is 0.446. The second kappa shape index (κ2) is 9.18. The molecule has 0 fully saturated rings. The molecule has 3 heteroatoms. The van der Waals surface area contributed by atoms with Crippen molar-refractivity contribution in [2.24, 2.45) is 0 Å². The Morgan fingerprint density at radius 3 is 1.75 bits per heavy atom. The van der Waals surface area contributed by atoms with Crippen LogP contribution in [0.4, 0.5) is 0 Å². The molecule has 0 saturated carbocycles. The monoisotopic (exact) mass is 294 g/mol. The van der Waals surface area contributed by atoms with Gasteiger partial charge in [0.2, 0.25) is 0 Å². The van der Waals surface area contributed by atoms with E-state index in [0.717, 1.165) is 0 Å². The van der Waals surface area contributed by atoms with Crippen LogP contribution in [0.5, 0.6) is 0 Å². The summed E-state index contributed by atoms with van der Waals surface area (Å²) in [6.07, 6.45) is 0.